The van der Waals surface area contributed by atoms with E-state index in [4.69, 9.17) is 30.5 Å². The van der Waals surface area contributed by atoms with Crippen LogP contribution in [0.2, 0.25) is 0 Å². The predicted octanol–water partition coefficient (Wildman–Crippen LogP) is 5.77. The molecule has 0 aliphatic rings. The summed E-state index contributed by atoms with van der Waals surface area (Å²) < 4.78 is 23.8. The molecule has 0 unspecified atom stereocenters. The Morgan fingerprint density at radius 1 is 0.717 bits per heavy atom. The highest BCUT2D eigenvalue weighted by Gasteiger charge is 2.40. The number of aromatic nitrogens is 3. The number of carbonyl (C=O) groups excluding carboxylic acids is 2. The van der Waals surface area contributed by atoms with Gasteiger partial charge in [-0.15, -0.1) is 11.5 Å². The van der Waals surface area contributed by atoms with E-state index in [1.807, 2.05) is 66.9 Å². The quantitative estimate of drug-likeness (QED) is 0.0726. The Labute approximate surface area is 310 Å². The molecule has 0 saturated heterocycles. The van der Waals surface area contributed by atoms with Gasteiger partial charge in [0.1, 0.15) is 6.61 Å². The molecule has 5 aromatic rings. The number of ether oxygens (including phenoxy) is 4. The zero-order chi connectivity index (χ0) is 37.1. The van der Waals surface area contributed by atoms with E-state index in [1.54, 1.807) is 28.9 Å². The van der Waals surface area contributed by atoms with E-state index < -0.39 is 5.41 Å². The largest absolute Gasteiger partial charge is 0.377 e. The van der Waals surface area contributed by atoms with E-state index >= 15 is 0 Å². The molecule has 2 N–H and O–H groups in total. The van der Waals surface area contributed by atoms with Crippen LogP contribution < -0.4 is 10.6 Å². The molecule has 0 atom stereocenters. The Hall–Kier alpha value is -5.64. The lowest BCUT2D eigenvalue weighted by molar-refractivity contribution is -0.114. The Balaban J connectivity index is 1.30. The van der Waals surface area contributed by atoms with Crippen LogP contribution in [0.1, 0.15) is 39.7 Å². The topological polar surface area (TPSA) is 126 Å². The average Bonchev–Trinajstić information content (AvgIpc) is 3.66. The number of nitrogens with zero attached hydrogens (tertiary/aromatic N) is 3. The Kier molecular flexibility index (Phi) is 14.9. The van der Waals surface area contributed by atoms with E-state index in [-0.39, 0.29) is 18.4 Å². The molecule has 1 heterocycles. The van der Waals surface area contributed by atoms with Crippen LogP contribution >= 0.6 is 0 Å². The zero-order valence-electron chi connectivity index (χ0n) is 29.9. The third kappa shape index (κ3) is 11.2. The van der Waals surface area contributed by atoms with Crippen molar-refractivity contribution in [2.24, 2.45) is 0 Å². The molecule has 0 aliphatic carbocycles. The van der Waals surface area contributed by atoms with Crippen molar-refractivity contribution < 1.29 is 28.5 Å². The number of rotatable bonds is 21. The van der Waals surface area contributed by atoms with Crippen LogP contribution in [0.25, 0.3) is 0 Å². The van der Waals surface area contributed by atoms with E-state index in [0.717, 1.165) is 22.4 Å². The number of anilines is 2. The van der Waals surface area contributed by atoms with Crippen molar-refractivity contribution in [1.29, 1.82) is 0 Å². The molecule has 11 nitrogen and oxygen atoms in total. The summed E-state index contributed by atoms with van der Waals surface area (Å²) in [5.74, 6) is 1.98. The van der Waals surface area contributed by atoms with Gasteiger partial charge in [0.2, 0.25) is 5.91 Å². The molecule has 274 valence electrons. The third-order valence-corrected chi connectivity index (χ3v) is 8.46. The molecule has 2 amide bonds. The first-order valence-electron chi connectivity index (χ1n) is 17.5. The maximum absolute atomic E-state index is 13.5. The Morgan fingerprint density at radius 3 is 1.89 bits per heavy atom. The van der Waals surface area contributed by atoms with Crippen LogP contribution in [0.15, 0.2) is 115 Å². The summed E-state index contributed by atoms with van der Waals surface area (Å²) in [5, 5.41) is 15.1. The fraction of sp³-hybridized carbons (Fsp3) is 0.286. The van der Waals surface area contributed by atoms with Gasteiger partial charge in [0.25, 0.3) is 5.91 Å². The van der Waals surface area contributed by atoms with Gasteiger partial charge in [-0.3, -0.25) is 9.59 Å². The maximum atomic E-state index is 13.5. The SMILES string of the molecule is C#CCOCCOCCOCCOCCn1cc(C(Cc2ccccc2NC(=O)c2ccc(NC(C)=O)cc2)(c2ccccc2)c2ccccc2)nn1. The van der Waals surface area contributed by atoms with Gasteiger partial charge in [0, 0.05) is 30.1 Å². The minimum Gasteiger partial charge on any atom is -0.377 e. The van der Waals surface area contributed by atoms with Gasteiger partial charge in [0.15, 0.2) is 0 Å². The summed E-state index contributed by atoms with van der Waals surface area (Å²) in [6, 6.07) is 35.1. The smallest absolute Gasteiger partial charge is 0.255 e. The number of para-hydroxylation sites is 1. The average molecular weight is 716 g/mol. The monoisotopic (exact) mass is 715 g/mol. The molecule has 53 heavy (non-hydrogen) atoms. The molecule has 0 spiro atoms. The summed E-state index contributed by atoms with van der Waals surface area (Å²) in [6.07, 6.45) is 7.60. The standard InChI is InChI=1S/C42H45N5O6/c1-3-23-50-25-27-52-29-30-53-28-26-51-24-22-47-32-40(45-46-47)42(36-13-6-4-7-14-36,37-15-8-5-9-16-37)31-35-12-10-11-17-39(35)44-41(49)34-18-20-38(21-19-34)43-33(2)48/h1,4-21,32H,22-31H2,2H3,(H,43,48)(H,44,49). The van der Waals surface area contributed by atoms with E-state index in [1.165, 1.54) is 6.92 Å². The van der Waals surface area contributed by atoms with Crippen molar-refractivity contribution in [2.75, 3.05) is 63.5 Å². The van der Waals surface area contributed by atoms with Crippen LogP contribution in [0.5, 0.6) is 0 Å². The highest BCUT2D eigenvalue weighted by Crippen LogP contribution is 2.42. The normalized spacial score (nSPS) is 11.2. The minimum atomic E-state index is -0.758. The second-order valence-corrected chi connectivity index (χ2v) is 12.1. The minimum absolute atomic E-state index is 0.177. The van der Waals surface area contributed by atoms with Crippen LogP contribution in [0, 0.1) is 12.3 Å². The third-order valence-electron chi connectivity index (χ3n) is 8.46. The van der Waals surface area contributed by atoms with Gasteiger partial charge >= 0.3 is 0 Å². The number of nitrogens with one attached hydrogen (secondary N) is 2. The van der Waals surface area contributed by atoms with Gasteiger partial charge in [-0.05, 0) is 53.4 Å². The molecule has 4 aromatic carbocycles. The van der Waals surface area contributed by atoms with Gasteiger partial charge < -0.3 is 29.6 Å². The van der Waals surface area contributed by atoms with Crippen LogP contribution in [-0.4, -0.2) is 79.7 Å². The molecule has 0 bridgehead atoms. The number of hydrogen-bond acceptors (Lipinski definition) is 8. The van der Waals surface area contributed by atoms with E-state index in [9.17, 15) is 9.59 Å². The number of amides is 2. The summed E-state index contributed by atoms with van der Waals surface area (Å²) in [7, 11) is 0. The summed E-state index contributed by atoms with van der Waals surface area (Å²) in [4.78, 5) is 24.9. The van der Waals surface area contributed by atoms with Crippen molar-refractivity contribution in [3.63, 3.8) is 0 Å². The van der Waals surface area contributed by atoms with Crippen LogP contribution in [0.3, 0.4) is 0 Å². The van der Waals surface area contributed by atoms with Crippen molar-refractivity contribution in [2.45, 2.75) is 25.3 Å². The molecule has 0 aliphatic heterocycles. The first-order chi connectivity index (χ1) is 26.0. The van der Waals surface area contributed by atoms with E-state index in [2.05, 4.69) is 46.0 Å². The molecule has 5 rings (SSSR count). The first-order valence-corrected chi connectivity index (χ1v) is 17.5. The number of benzene rings is 4. The predicted molar refractivity (Wildman–Crippen MR) is 204 cm³/mol. The van der Waals surface area contributed by atoms with Gasteiger partial charge in [-0.2, -0.15) is 0 Å². The number of carbonyl (C=O) groups is 2. The molecule has 0 radical (unpaired) electrons. The van der Waals surface area contributed by atoms with Crippen molar-refractivity contribution >= 4 is 23.2 Å². The summed E-state index contributed by atoms with van der Waals surface area (Å²) in [5.41, 5.74) is 4.76. The van der Waals surface area contributed by atoms with Gasteiger partial charge in [-0.25, -0.2) is 4.68 Å². The molecule has 11 heteroatoms. The fourth-order valence-electron chi connectivity index (χ4n) is 5.94. The second-order valence-electron chi connectivity index (χ2n) is 12.1. The second kappa shape index (κ2) is 20.4. The number of terminal acetylenes is 1. The highest BCUT2D eigenvalue weighted by molar-refractivity contribution is 6.05. The first kappa shape index (κ1) is 38.6. The van der Waals surface area contributed by atoms with E-state index in [0.29, 0.717) is 76.2 Å². The fourth-order valence-corrected chi connectivity index (χ4v) is 5.94. The van der Waals surface area contributed by atoms with Crippen molar-refractivity contribution in [3.8, 4) is 12.3 Å². The molecular formula is C42H45N5O6. The van der Waals surface area contributed by atoms with Crippen LogP contribution in [0.4, 0.5) is 11.4 Å². The molecule has 0 fully saturated rings. The van der Waals surface area contributed by atoms with Gasteiger partial charge in [-0.1, -0.05) is 90.0 Å². The lowest BCUT2D eigenvalue weighted by Crippen LogP contribution is -2.33. The zero-order valence-corrected chi connectivity index (χ0v) is 29.9. The Morgan fingerprint density at radius 2 is 1.28 bits per heavy atom. The molecule has 0 saturated carbocycles. The summed E-state index contributed by atoms with van der Waals surface area (Å²) in [6.45, 7) is 5.40. The molecular weight excluding hydrogens is 670 g/mol. The lowest BCUT2D eigenvalue weighted by Gasteiger charge is -2.34. The Bertz CT molecular complexity index is 1870. The maximum Gasteiger partial charge on any atom is 0.255 e. The van der Waals surface area contributed by atoms with Crippen LogP contribution in [-0.2, 0) is 42.1 Å². The molecule has 1 aromatic heterocycles. The highest BCUT2D eigenvalue weighted by atomic mass is 16.6. The summed E-state index contributed by atoms with van der Waals surface area (Å²) >= 11 is 0. The lowest BCUT2D eigenvalue weighted by atomic mass is 9.68. The van der Waals surface area contributed by atoms with Gasteiger partial charge in [0.05, 0.1) is 63.9 Å². The number of hydrogen-bond donors (Lipinski definition) is 2. The van der Waals surface area contributed by atoms with Crippen molar-refractivity contribution in [3.05, 3.63) is 143 Å². The van der Waals surface area contributed by atoms with Crippen molar-refractivity contribution in [1.82, 2.24) is 15.0 Å².